The van der Waals surface area contributed by atoms with Gasteiger partial charge in [-0.05, 0) is 0 Å². The SMILES string of the molecule is C.N.NC(=O)S.NC(=O)S.[H-].[Na+].c1ccccc1. The molecule has 0 saturated heterocycles. The summed E-state index contributed by atoms with van der Waals surface area (Å²) in [5.41, 5.74) is 8.67. The molecule has 0 saturated carbocycles. The van der Waals surface area contributed by atoms with Gasteiger partial charge in [-0.2, -0.15) is 0 Å². The van der Waals surface area contributed by atoms with Crippen LogP contribution in [0, 0.1) is 0 Å². The molecule has 1 aromatic carbocycles. The summed E-state index contributed by atoms with van der Waals surface area (Å²) in [5, 5.41) is -1.28. The number of benzene rings is 1. The minimum Gasteiger partial charge on any atom is -1.00 e. The summed E-state index contributed by atoms with van der Waals surface area (Å²) in [6, 6.07) is 12.0. The van der Waals surface area contributed by atoms with Crippen LogP contribution in [0.1, 0.15) is 8.85 Å². The number of thiol groups is 2. The number of hydrogen-bond donors (Lipinski definition) is 5. The zero-order valence-corrected chi connectivity index (χ0v) is 12.8. The van der Waals surface area contributed by atoms with Gasteiger partial charge in [0.25, 0.3) is 10.5 Å². The third-order valence-electron chi connectivity index (χ3n) is 0.667. The minimum atomic E-state index is -0.639. The second-order valence-electron chi connectivity index (χ2n) is 1.83. The average Bonchev–Trinajstić information content (AvgIpc) is 2.05. The van der Waals surface area contributed by atoms with Crippen LogP contribution in [0.4, 0.5) is 9.59 Å². The average molecular weight is 289 g/mol. The summed E-state index contributed by atoms with van der Waals surface area (Å²) in [6.07, 6.45) is 0. The van der Waals surface area contributed by atoms with Crippen LogP contribution in [0.15, 0.2) is 36.4 Å². The molecule has 0 fully saturated rings. The summed E-state index contributed by atoms with van der Waals surface area (Å²) < 4.78 is 0. The van der Waals surface area contributed by atoms with Crippen molar-refractivity contribution in [2.45, 2.75) is 7.43 Å². The first-order chi connectivity index (χ1) is 6.46. The van der Waals surface area contributed by atoms with Gasteiger partial charge in [-0.25, -0.2) is 0 Å². The second kappa shape index (κ2) is 24.9. The molecule has 17 heavy (non-hydrogen) atoms. The number of primary amides is 2. The van der Waals surface area contributed by atoms with Crippen molar-refractivity contribution in [1.29, 1.82) is 0 Å². The van der Waals surface area contributed by atoms with E-state index in [1.807, 2.05) is 36.4 Å². The van der Waals surface area contributed by atoms with Crippen molar-refractivity contribution in [2.75, 3.05) is 0 Å². The molecule has 0 spiro atoms. The zero-order chi connectivity index (χ0) is 11.4. The molecule has 0 aliphatic heterocycles. The van der Waals surface area contributed by atoms with E-state index in [1.165, 1.54) is 0 Å². The van der Waals surface area contributed by atoms with Gasteiger partial charge in [0.2, 0.25) is 0 Å². The Morgan fingerprint density at radius 2 is 0.882 bits per heavy atom. The first-order valence-electron chi connectivity index (χ1n) is 3.43. The molecule has 0 aliphatic rings. The molecule has 0 atom stereocenters. The van der Waals surface area contributed by atoms with Crippen LogP contribution in [0.3, 0.4) is 0 Å². The first kappa shape index (κ1) is 30.1. The third kappa shape index (κ3) is 89.2. The maximum absolute atomic E-state index is 9.09. The minimum absolute atomic E-state index is 0. The summed E-state index contributed by atoms with van der Waals surface area (Å²) in [7, 11) is 0. The van der Waals surface area contributed by atoms with Gasteiger partial charge in [-0.1, -0.05) is 69.1 Å². The van der Waals surface area contributed by atoms with E-state index in [1.54, 1.807) is 0 Å². The van der Waals surface area contributed by atoms with E-state index < -0.39 is 10.5 Å². The van der Waals surface area contributed by atoms with E-state index in [-0.39, 0.29) is 44.6 Å². The Balaban J connectivity index is -0.0000000279. The van der Waals surface area contributed by atoms with Gasteiger partial charge >= 0.3 is 29.6 Å². The molecule has 0 heterocycles. The zero-order valence-electron chi connectivity index (χ0n) is 10.0. The van der Waals surface area contributed by atoms with Crippen molar-refractivity contribution in [3.05, 3.63) is 36.4 Å². The molecule has 0 bridgehead atoms. The monoisotopic (exact) mass is 289 g/mol. The molecule has 0 radical (unpaired) electrons. The molecule has 96 valence electrons. The summed E-state index contributed by atoms with van der Waals surface area (Å²) in [4.78, 5) is 18.2. The predicted octanol–water partition coefficient (Wildman–Crippen LogP) is -0.409. The van der Waals surface area contributed by atoms with Crippen LogP contribution < -0.4 is 47.2 Å². The quantitative estimate of drug-likeness (QED) is 0.330. The Hall–Kier alpha value is -0.180. The Kier molecular flexibility index (Phi) is 44.1. The first-order valence-corrected chi connectivity index (χ1v) is 4.33. The molecule has 0 unspecified atom stereocenters. The smallest absolute Gasteiger partial charge is 1.00 e. The van der Waals surface area contributed by atoms with Gasteiger partial charge < -0.3 is 19.0 Å². The molecule has 2 amide bonds. The topological polar surface area (TPSA) is 121 Å². The largest absolute Gasteiger partial charge is 1.00 e. The normalized spacial score (nSPS) is 5.76. The van der Waals surface area contributed by atoms with Crippen molar-refractivity contribution in [2.24, 2.45) is 11.5 Å². The molecule has 1 rings (SSSR count). The Morgan fingerprint density at radius 1 is 0.824 bits per heavy atom. The number of amides is 2. The number of carbonyl (C=O) groups is 2. The summed E-state index contributed by atoms with van der Waals surface area (Å²) >= 11 is 6.21. The van der Waals surface area contributed by atoms with E-state index >= 15 is 0 Å². The van der Waals surface area contributed by atoms with Crippen LogP contribution in [-0.4, -0.2) is 10.5 Å². The Labute approximate surface area is 137 Å². The van der Waals surface area contributed by atoms with Crippen LogP contribution in [0.2, 0.25) is 0 Å². The van der Waals surface area contributed by atoms with Gasteiger partial charge in [0.1, 0.15) is 0 Å². The number of nitrogens with two attached hydrogens (primary N) is 2. The predicted molar refractivity (Wildman–Crippen MR) is 76.4 cm³/mol. The van der Waals surface area contributed by atoms with E-state index in [0.717, 1.165) is 0 Å². The number of hydrogen-bond acceptors (Lipinski definition) is 3. The molecule has 8 heteroatoms. The van der Waals surface area contributed by atoms with Gasteiger partial charge in [0.05, 0.1) is 0 Å². The number of rotatable bonds is 0. The Morgan fingerprint density at radius 3 is 0.941 bits per heavy atom. The van der Waals surface area contributed by atoms with E-state index in [2.05, 4.69) is 36.7 Å². The van der Waals surface area contributed by atoms with Gasteiger partial charge in [-0.3, -0.25) is 9.59 Å². The van der Waals surface area contributed by atoms with Crippen molar-refractivity contribution in [3.8, 4) is 0 Å². The Bertz CT molecular complexity index is 223. The van der Waals surface area contributed by atoms with Crippen molar-refractivity contribution in [3.63, 3.8) is 0 Å². The fourth-order valence-electron chi connectivity index (χ4n) is 0.385. The van der Waals surface area contributed by atoms with E-state index in [0.29, 0.717) is 0 Å². The molecular weight excluding hydrogens is 269 g/mol. The molecule has 7 N–H and O–H groups in total. The molecule has 5 nitrogen and oxygen atoms in total. The molecule has 1 aromatic rings. The molecular formula is C9H20N3NaO2S2. The van der Waals surface area contributed by atoms with Gasteiger partial charge in [0, 0.05) is 0 Å². The standard InChI is InChI=1S/C6H6.2CH3NOS.CH4.H3N.Na.H/c1-2-4-6-5-3-1;2*2-1(3)4;;;;/h1-6H;2*(H3,2,3,4);1H4;1H3;;/q;;;;;+1;-1. The van der Waals surface area contributed by atoms with Crippen LogP contribution in [-0.2, 0) is 0 Å². The van der Waals surface area contributed by atoms with E-state index in [4.69, 9.17) is 9.59 Å². The fraction of sp³-hybridized carbons (Fsp3) is 0.111. The van der Waals surface area contributed by atoms with Crippen molar-refractivity contribution in [1.82, 2.24) is 6.15 Å². The van der Waals surface area contributed by atoms with E-state index in [9.17, 15) is 0 Å². The maximum atomic E-state index is 9.09. The maximum Gasteiger partial charge on any atom is 1.00 e. The van der Waals surface area contributed by atoms with Crippen LogP contribution in [0.25, 0.3) is 0 Å². The second-order valence-corrected chi connectivity index (χ2v) is 2.71. The van der Waals surface area contributed by atoms with Gasteiger partial charge in [-0.15, -0.1) is 0 Å². The summed E-state index contributed by atoms with van der Waals surface area (Å²) in [6.45, 7) is 0. The number of carbonyl (C=O) groups excluding carboxylic acids is 2. The van der Waals surface area contributed by atoms with Crippen LogP contribution in [0.5, 0.6) is 0 Å². The molecule has 0 aliphatic carbocycles. The van der Waals surface area contributed by atoms with Gasteiger partial charge in [0.15, 0.2) is 0 Å². The van der Waals surface area contributed by atoms with Crippen LogP contribution >= 0.6 is 25.3 Å². The third-order valence-corrected chi connectivity index (χ3v) is 0.667. The fourth-order valence-corrected chi connectivity index (χ4v) is 0.385. The summed E-state index contributed by atoms with van der Waals surface area (Å²) in [5.74, 6) is 0. The van der Waals surface area contributed by atoms with Crippen molar-refractivity contribution < 1.29 is 40.6 Å². The molecule has 0 aromatic heterocycles. The van der Waals surface area contributed by atoms with Crippen molar-refractivity contribution >= 4 is 35.7 Å².